The van der Waals surface area contributed by atoms with E-state index < -0.39 is 0 Å². The summed E-state index contributed by atoms with van der Waals surface area (Å²) in [6, 6.07) is 8.22. The second kappa shape index (κ2) is 7.31. The van der Waals surface area contributed by atoms with Crippen LogP contribution >= 0.6 is 27.5 Å². The van der Waals surface area contributed by atoms with Crippen LogP contribution in [0.1, 0.15) is 30.7 Å². The highest BCUT2D eigenvalue weighted by Crippen LogP contribution is 2.24. The largest absolute Gasteiger partial charge is 0.305 e. The molecule has 1 aromatic carbocycles. The van der Waals surface area contributed by atoms with Crippen LogP contribution in [0.5, 0.6) is 0 Å². The van der Waals surface area contributed by atoms with Crippen molar-refractivity contribution < 1.29 is 0 Å². The van der Waals surface area contributed by atoms with Crippen LogP contribution in [-0.4, -0.2) is 25.0 Å². The molecule has 90 valence electrons. The monoisotopic (exact) mass is 303 g/mol. The minimum atomic E-state index is 0.0688. The number of unbranched alkanes of at least 4 members (excludes halogenated alkanes) is 1. The van der Waals surface area contributed by atoms with Crippen LogP contribution in [0.4, 0.5) is 0 Å². The van der Waals surface area contributed by atoms with Crippen molar-refractivity contribution in [1.82, 2.24) is 4.90 Å². The molecule has 1 aromatic rings. The molecule has 0 N–H and O–H groups in total. The quantitative estimate of drug-likeness (QED) is 0.701. The summed E-state index contributed by atoms with van der Waals surface area (Å²) in [4.78, 5) is 2.29. The number of benzene rings is 1. The average molecular weight is 305 g/mol. The first-order valence-electron chi connectivity index (χ1n) is 5.71. The van der Waals surface area contributed by atoms with Gasteiger partial charge in [0.05, 0.1) is 5.38 Å². The molecule has 0 aliphatic heterocycles. The van der Waals surface area contributed by atoms with Crippen LogP contribution in [0.15, 0.2) is 28.7 Å². The summed E-state index contributed by atoms with van der Waals surface area (Å²) in [5, 5.41) is 0.0688. The fourth-order valence-corrected chi connectivity index (χ4v) is 2.39. The van der Waals surface area contributed by atoms with Gasteiger partial charge in [-0.2, -0.15) is 0 Å². The van der Waals surface area contributed by atoms with Crippen LogP contribution in [0, 0.1) is 0 Å². The highest BCUT2D eigenvalue weighted by atomic mass is 79.9. The van der Waals surface area contributed by atoms with Crippen LogP contribution in [-0.2, 0) is 0 Å². The first kappa shape index (κ1) is 14.0. The predicted molar refractivity (Wildman–Crippen MR) is 75.1 cm³/mol. The molecule has 0 aliphatic carbocycles. The van der Waals surface area contributed by atoms with E-state index >= 15 is 0 Å². The van der Waals surface area contributed by atoms with E-state index in [1.165, 1.54) is 18.4 Å². The minimum absolute atomic E-state index is 0.0688. The molecule has 0 bridgehead atoms. The molecule has 0 heterocycles. The van der Waals surface area contributed by atoms with Crippen LogP contribution in [0.2, 0.25) is 0 Å². The van der Waals surface area contributed by atoms with Gasteiger partial charge in [0.25, 0.3) is 0 Å². The van der Waals surface area contributed by atoms with Crippen molar-refractivity contribution >= 4 is 27.5 Å². The maximum atomic E-state index is 6.39. The molecular weight excluding hydrogens is 286 g/mol. The van der Waals surface area contributed by atoms with Gasteiger partial charge in [0.1, 0.15) is 0 Å². The summed E-state index contributed by atoms with van der Waals surface area (Å²) < 4.78 is 1.09. The van der Waals surface area contributed by atoms with E-state index in [1.807, 2.05) is 12.1 Å². The minimum Gasteiger partial charge on any atom is -0.305 e. The summed E-state index contributed by atoms with van der Waals surface area (Å²) in [6.07, 6.45) is 2.47. The molecule has 0 radical (unpaired) electrons. The van der Waals surface area contributed by atoms with E-state index in [0.29, 0.717) is 0 Å². The van der Waals surface area contributed by atoms with E-state index in [9.17, 15) is 0 Å². The molecule has 16 heavy (non-hydrogen) atoms. The van der Waals surface area contributed by atoms with E-state index in [-0.39, 0.29) is 5.38 Å². The Bertz CT molecular complexity index is 317. The van der Waals surface area contributed by atoms with Gasteiger partial charge in [-0.05, 0) is 37.7 Å². The summed E-state index contributed by atoms with van der Waals surface area (Å²) in [5.74, 6) is 0. The van der Waals surface area contributed by atoms with Crippen molar-refractivity contribution in [3.63, 3.8) is 0 Å². The van der Waals surface area contributed by atoms with E-state index in [2.05, 4.69) is 46.9 Å². The van der Waals surface area contributed by atoms with Gasteiger partial charge in [-0.25, -0.2) is 0 Å². The highest BCUT2D eigenvalue weighted by Gasteiger charge is 2.10. The van der Waals surface area contributed by atoms with Crippen LogP contribution in [0.3, 0.4) is 0 Å². The van der Waals surface area contributed by atoms with Gasteiger partial charge in [0.15, 0.2) is 0 Å². The lowest BCUT2D eigenvalue weighted by molar-refractivity contribution is 0.328. The zero-order valence-corrected chi connectivity index (χ0v) is 12.3. The molecule has 1 rings (SSSR count). The molecular formula is C13H19BrClN. The van der Waals surface area contributed by atoms with Gasteiger partial charge < -0.3 is 4.90 Å². The maximum Gasteiger partial charge on any atom is 0.0712 e. The number of alkyl halides is 1. The van der Waals surface area contributed by atoms with E-state index in [1.54, 1.807) is 0 Å². The molecule has 0 saturated carbocycles. The van der Waals surface area contributed by atoms with Gasteiger partial charge in [0.2, 0.25) is 0 Å². The first-order chi connectivity index (χ1) is 7.63. The topological polar surface area (TPSA) is 3.24 Å². The second-order valence-corrected chi connectivity index (χ2v) is 5.58. The molecule has 0 spiro atoms. The molecule has 1 nitrogen and oxygen atoms in total. The molecule has 1 atom stereocenters. The van der Waals surface area contributed by atoms with E-state index in [0.717, 1.165) is 17.6 Å². The summed E-state index contributed by atoms with van der Waals surface area (Å²) in [5.41, 5.74) is 1.18. The van der Waals surface area contributed by atoms with Crippen molar-refractivity contribution in [1.29, 1.82) is 0 Å². The van der Waals surface area contributed by atoms with Gasteiger partial charge in [-0.3, -0.25) is 0 Å². The van der Waals surface area contributed by atoms with Gasteiger partial charge >= 0.3 is 0 Å². The number of hydrogen-bond acceptors (Lipinski definition) is 1. The number of nitrogens with zero attached hydrogens (tertiary/aromatic N) is 1. The Morgan fingerprint density at radius 2 is 2.19 bits per heavy atom. The van der Waals surface area contributed by atoms with Crippen molar-refractivity contribution in [2.24, 2.45) is 0 Å². The summed E-state index contributed by atoms with van der Waals surface area (Å²) in [6.45, 7) is 4.23. The van der Waals surface area contributed by atoms with E-state index in [4.69, 9.17) is 11.6 Å². The lowest BCUT2D eigenvalue weighted by Gasteiger charge is -2.20. The SMILES string of the molecule is CCCCN(C)CC(Cl)c1cccc(Br)c1. The predicted octanol–water partition coefficient (Wildman–Crippen LogP) is 4.46. The van der Waals surface area contributed by atoms with Crippen molar-refractivity contribution in [3.05, 3.63) is 34.3 Å². The third-order valence-corrected chi connectivity index (χ3v) is 3.46. The summed E-state index contributed by atoms with van der Waals surface area (Å²) >= 11 is 9.86. The Hall–Kier alpha value is -0.0500. The molecule has 0 saturated heterocycles. The molecule has 0 aliphatic rings. The maximum absolute atomic E-state index is 6.39. The lowest BCUT2D eigenvalue weighted by atomic mass is 10.1. The average Bonchev–Trinajstić information content (AvgIpc) is 2.26. The Morgan fingerprint density at radius 3 is 2.81 bits per heavy atom. The third-order valence-electron chi connectivity index (χ3n) is 2.58. The molecule has 1 unspecified atom stereocenters. The third kappa shape index (κ3) is 4.86. The number of rotatable bonds is 6. The second-order valence-electron chi connectivity index (χ2n) is 4.14. The molecule has 3 heteroatoms. The van der Waals surface area contributed by atoms with Crippen molar-refractivity contribution in [2.75, 3.05) is 20.1 Å². The zero-order chi connectivity index (χ0) is 12.0. The fraction of sp³-hybridized carbons (Fsp3) is 0.538. The number of halogens is 2. The first-order valence-corrected chi connectivity index (χ1v) is 6.94. The summed E-state index contributed by atoms with van der Waals surface area (Å²) in [7, 11) is 2.13. The fourth-order valence-electron chi connectivity index (χ4n) is 1.60. The highest BCUT2D eigenvalue weighted by molar-refractivity contribution is 9.10. The van der Waals surface area contributed by atoms with Gasteiger partial charge in [-0.1, -0.05) is 41.4 Å². The van der Waals surface area contributed by atoms with Crippen LogP contribution in [0.25, 0.3) is 0 Å². The van der Waals surface area contributed by atoms with Crippen molar-refractivity contribution in [2.45, 2.75) is 25.1 Å². The standard InChI is InChI=1S/C13H19BrClN/c1-3-4-8-16(2)10-13(15)11-6-5-7-12(14)9-11/h5-7,9,13H,3-4,8,10H2,1-2H3. The van der Waals surface area contributed by atoms with Crippen LogP contribution < -0.4 is 0 Å². The molecule has 0 aromatic heterocycles. The number of likely N-dealkylation sites (N-methyl/N-ethyl adjacent to an activating group) is 1. The molecule has 0 fully saturated rings. The lowest BCUT2D eigenvalue weighted by Crippen LogP contribution is -2.23. The van der Waals surface area contributed by atoms with Gasteiger partial charge in [-0.15, -0.1) is 11.6 Å². The Morgan fingerprint density at radius 1 is 1.44 bits per heavy atom. The Balaban J connectivity index is 2.48. The Kier molecular flexibility index (Phi) is 6.40. The Labute approximate surface area is 112 Å². The van der Waals surface area contributed by atoms with Gasteiger partial charge in [0, 0.05) is 11.0 Å². The number of hydrogen-bond donors (Lipinski definition) is 0. The zero-order valence-electron chi connectivity index (χ0n) is 9.92. The smallest absolute Gasteiger partial charge is 0.0712 e. The molecule has 0 amide bonds. The van der Waals surface area contributed by atoms with Crippen molar-refractivity contribution in [3.8, 4) is 0 Å². The normalized spacial score (nSPS) is 13.1.